The van der Waals surface area contributed by atoms with Gasteiger partial charge in [0.05, 0.1) is 6.04 Å². The number of anilines is 1. The Morgan fingerprint density at radius 1 is 1.32 bits per heavy atom. The Kier molecular flexibility index (Phi) is 7.85. The number of imide groups is 1. The van der Waals surface area contributed by atoms with Crippen molar-refractivity contribution in [3.8, 4) is 11.5 Å². The van der Waals surface area contributed by atoms with Crippen LogP contribution in [0.4, 0.5) is 10.5 Å². The van der Waals surface area contributed by atoms with Crippen LogP contribution in [0.25, 0.3) is 0 Å². The zero-order valence-corrected chi connectivity index (χ0v) is 15.6. The minimum absolute atomic E-state index is 0.304. The van der Waals surface area contributed by atoms with E-state index in [0.717, 1.165) is 11.5 Å². The number of carbonyl (C=O) groups excluding carboxylic acids is 2. The van der Waals surface area contributed by atoms with Crippen LogP contribution in [0.5, 0.6) is 11.5 Å². The van der Waals surface area contributed by atoms with E-state index in [2.05, 4.69) is 5.32 Å². The molecule has 25 heavy (non-hydrogen) atoms. The predicted octanol–water partition coefficient (Wildman–Crippen LogP) is 1.73. The number of nitrogens with two attached hydrogens (primary N) is 2. The van der Waals surface area contributed by atoms with Crippen molar-refractivity contribution < 1.29 is 23.8 Å². The maximum absolute atomic E-state index is 11.3. The van der Waals surface area contributed by atoms with Crippen LogP contribution in [0, 0.1) is 0 Å². The third-order valence-electron chi connectivity index (χ3n) is 2.70. The fourth-order valence-corrected chi connectivity index (χ4v) is 2.18. The molecule has 0 bridgehead atoms. The summed E-state index contributed by atoms with van der Waals surface area (Å²) in [6.45, 7) is 5.47. The monoisotopic (exact) mass is 371 g/mol. The molecule has 0 saturated heterocycles. The Morgan fingerprint density at radius 3 is 2.56 bits per heavy atom. The topological polar surface area (TPSA) is 126 Å². The summed E-state index contributed by atoms with van der Waals surface area (Å²) in [7, 11) is 0. The molecule has 0 aromatic heterocycles. The van der Waals surface area contributed by atoms with Gasteiger partial charge in [-0.25, -0.2) is 4.79 Å². The lowest BCUT2D eigenvalue weighted by atomic mass is 10.2. The second-order valence-corrected chi connectivity index (χ2v) is 7.08. The standard InChI is InChI=1S/C9H18N2O3S.C7H7NO2/c1-9(2,3)14-8(13)11-7(12)6(10)5-15-4;8-5-1-2-6-7(3-5)10-4-9-6/h6H,5,10H2,1-4H3,(H,11,12,13);1-3H,4,8H2/t6-;/m0./s1. The molecule has 1 atom stereocenters. The highest BCUT2D eigenvalue weighted by molar-refractivity contribution is 7.98. The highest BCUT2D eigenvalue weighted by Crippen LogP contribution is 2.32. The number of nitrogen functional groups attached to an aromatic ring is 1. The average molecular weight is 371 g/mol. The first-order valence-electron chi connectivity index (χ1n) is 7.56. The lowest BCUT2D eigenvalue weighted by Crippen LogP contribution is -2.46. The molecule has 0 saturated carbocycles. The SMILES string of the molecule is CSC[C@H](N)C(=O)NC(=O)OC(C)(C)C.Nc1ccc2c(c1)OCO2. The van der Waals surface area contributed by atoms with E-state index in [4.69, 9.17) is 25.7 Å². The summed E-state index contributed by atoms with van der Waals surface area (Å²) in [4.78, 5) is 22.4. The van der Waals surface area contributed by atoms with Gasteiger partial charge in [0.25, 0.3) is 0 Å². The van der Waals surface area contributed by atoms with E-state index in [0.29, 0.717) is 18.2 Å². The summed E-state index contributed by atoms with van der Waals surface area (Å²) >= 11 is 1.44. The molecule has 0 spiro atoms. The number of hydrogen-bond donors (Lipinski definition) is 3. The summed E-state index contributed by atoms with van der Waals surface area (Å²) in [5.41, 5.74) is 11.1. The molecule has 0 unspecified atom stereocenters. The van der Waals surface area contributed by atoms with Crippen molar-refractivity contribution in [1.29, 1.82) is 0 Å². The van der Waals surface area contributed by atoms with E-state index in [-0.39, 0.29) is 0 Å². The van der Waals surface area contributed by atoms with E-state index in [1.54, 1.807) is 39.0 Å². The van der Waals surface area contributed by atoms with Gasteiger partial charge in [-0.2, -0.15) is 11.8 Å². The number of nitrogens with one attached hydrogen (secondary N) is 1. The predicted molar refractivity (Wildman–Crippen MR) is 97.7 cm³/mol. The molecule has 0 radical (unpaired) electrons. The van der Waals surface area contributed by atoms with Crippen LogP contribution in [0.3, 0.4) is 0 Å². The molecule has 1 aliphatic rings. The number of thioether (sulfide) groups is 1. The van der Waals surface area contributed by atoms with Crippen molar-refractivity contribution in [2.24, 2.45) is 5.73 Å². The number of benzene rings is 1. The molecule has 1 heterocycles. The molecule has 9 heteroatoms. The molecule has 5 N–H and O–H groups in total. The molecule has 0 aliphatic carbocycles. The summed E-state index contributed by atoms with van der Waals surface area (Å²) in [5.74, 6) is 1.46. The van der Waals surface area contributed by atoms with Crippen LogP contribution < -0.4 is 26.3 Å². The lowest BCUT2D eigenvalue weighted by Gasteiger charge is -2.20. The second-order valence-electron chi connectivity index (χ2n) is 6.17. The number of amides is 2. The van der Waals surface area contributed by atoms with Gasteiger partial charge in [0.15, 0.2) is 11.5 Å². The zero-order chi connectivity index (χ0) is 19.0. The van der Waals surface area contributed by atoms with Crippen LogP contribution in [0.2, 0.25) is 0 Å². The van der Waals surface area contributed by atoms with Gasteiger partial charge in [-0.1, -0.05) is 0 Å². The fraction of sp³-hybridized carbons (Fsp3) is 0.500. The quantitative estimate of drug-likeness (QED) is 0.686. The van der Waals surface area contributed by atoms with E-state index >= 15 is 0 Å². The first-order chi connectivity index (χ1) is 11.6. The number of fused-ring (bicyclic) bond motifs is 1. The van der Waals surface area contributed by atoms with Crippen LogP contribution in [0.1, 0.15) is 20.8 Å². The molecule has 0 fully saturated rings. The van der Waals surface area contributed by atoms with Gasteiger partial charge in [-0.3, -0.25) is 10.1 Å². The van der Waals surface area contributed by atoms with Gasteiger partial charge in [0.2, 0.25) is 12.7 Å². The summed E-state index contributed by atoms with van der Waals surface area (Å²) in [6.07, 6.45) is 1.07. The van der Waals surface area contributed by atoms with Crippen molar-refractivity contribution >= 4 is 29.4 Å². The third-order valence-corrected chi connectivity index (χ3v) is 3.40. The molecule has 140 valence electrons. The Hall–Kier alpha value is -2.13. The highest BCUT2D eigenvalue weighted by atomic mass is 32.2. The van der Waals surface area contributed by atoms with Crippen molar-refractivity contribution in [2.45, 2.75) is 32.4 Å². The first kappa shape index (κ1) is 20.9. The van der Waals surface area contributed by atoms with E-state index in [1.165, 1.54) is 11.8 Å². The van der Waals surface area contributed by atoms with Crippen LogP contribution in [-0.2, 0) is 9.53 Å². The van der Waals surface area contributed by atoms with Gasteiger partial charge >= 0.3 is 6.09 Å². The first-order valence-corrected chi connectivity index (χ1v) is 8.95. The minimum Gasteiger partial charge on any atom is -0.454 e. The molecule has 1 aromatic carbocycles. The highest BCUT2D eigenvalue weighted by Gasteiger charge is 2.20. The van der Waals surface area contributed by atoms with Gasteiger partial charge < -0.3 is 25.7 Å². The summed E-state index contributed by atoms with van der Waals surface area (Å²) < 4.78 is 15.1. The number of carbonyl (C=O) groups is 2. The molecule has 8 nitrogen and oxygen atoms in total. The lowest BCUT2D eigenvalue weighted by molar-refractivity contribution is -0.121. The van der Waals surface area contributed by atoms with Crippen LogP contribution in [0.15, 0.2) is 18.2 Å². The van der Waals surface area contributed by atoms with E-state index in [1.807, 2.05) is 6.26 Å². The molecular weight excluding hydrogens is 346 g/mol. The average Bonchev–Trinajstić information content (AvgIpc) is 2.93. The Bertz CT molecular complexity index is 604. The van der Waals surface area contributed by atoms with Crippen LogP contribution in [-0.4, -0.2) is 42.4 Å². The number of hydrogen-bond acceptors (Lipinski definition) is 8. The smallest absolute Gasteiger partial charge is 0.414 e. The minimum atomic E-state index is -0.760. The largest absolute Gasteiger partial charge is 0.454 e. The molecule has 2 amide bonds. The van der Waals surface area contributed by atoms with E-state index in [9.17, 15) is 9.59 Å². The van der Waals surface area contributed by atoms with Gasteiger partial charge in [-0.15, -0.1) is 0 Å². The Balaban J connectivity index is 0.000000267. The number of alkyl carbamates (subject to hydrolysis) is 1. The zero-order valence-electron chi connectivity index (χ0n) is 14.8. The van der Waals surface area contributed by atoms with Gasteiger partial charge in [0, 0.05) is 17.5 Å². The fourth-order valence-electron chi connectivity index (χ4n) is 1.67. The van der Waals surface area contributed by atoms with Gasteiger partial charge in [0.1, 0.15) is 5.60 Å². The van der Waals surface area contributed by atoms with Crippen molar-refractivity contribution in [3.63, 3.8) is 0 Å². The van der Waals surface area contributed by atoms with Crippen molar-refractivity contribution in [3.05, 3.63) is 18.2 Å². The molecule has 2 rings (SSSR count). The molecule has 1 aromatic rings. The Morgan fingerprint density at radius 2 is 1.96 bits per heavy atom. The van der Waals surface area contributed by atoms with Crippen LogP contribution >= 0.6 is 11.8 Å². The maximum atomic E-state index is 11.3. The maximum Gasteiger partial charge on any atom is 0.414 e. The number of rotatable bonds is 3. The van der Waals surface area contributed by atoms with E-state index < -0.39 is 23.6 Å². The molecule has 1 aliphatic heterocycles. The second kappa shape index (κ2) is 9.38. The van der Waals surface area contributed by atoms with Gasteiger partial charge in [-0.05, 0) is 39.2 Å². The summed E-state index contributed by atoms with van der Waals surface area (Å²) in [6, 6.07) is 4.65. The normalized spacial score (nSPS) is 13.3. The van der Waals surface area contributed by atoms with Crippen molar-refractivity contribution in [1.82, 2.24) is 5.32 Å². The summed E-state index contributed by atoms with van der Waals surface area (Å²) in [5, 5.41) is 2.08. The van der Waals surface area contributed by atoms with Crippen molar-refractivity contribution in [2.75, 3.05) is 24.5 Å². The molecular formula is C16H25N3O5S. The number of ether oxygens (including phenoxy) is 3. The third kappa shape index (κ3) is 7.99. The Labute approximate surface area is 151 Å².